The molecule has 9 nitrogen and oxygen atoms in total. The second-order valence-corrected chi connectivity index (χ2v) is 10.8. The first-order valence-electron chi connectivity index (χ1n) is 12.3. The molecule has 3 aromatic rings. The number of carbonyl (C=O) groups is 3. The monoisotopic (exact) mass is 584 g/mol. The van der Waals surface area contributed by atoms with Crippen LogP contribution in [0.4, 0.5) is 0 Å². The molecule has 1 N–H and O–H groups in total. The third kappa shape index (κ3) is 6.07. The van der Waals surface area contributed by atoms with Gasteiger partial charge >= 0.3 is 5.97 Å². The van der Waals surface area contributed by atoms with Crippen LogP contribution >= 0.6 is 15.9 Å². The summed E-state index contributed by atoms with van der Waals surface area (Å²) < 4.78 is 11.6. The molecule has 2 aromatic carbocycles. The molecule has 1 aliphatic rings. The molecular formula is C28H33BrN4O5. The molecule has 0 unspecified atom stereocenters. The predicted molar refractivity (Wildman–Crippen MR) is 151 cm³/mol. The second-order valence-electron chi connectivity index (χ2n) is 9.90. The van der Waals surface area contributed by atoms with Crippen LogP contribution in [-0.2, 0) is 14.3 Å². The van der Waals surface area contributed by atoms with Crippen LogP contribution in [-0.4, -0.2) is 83.7 Å². The quantitative estimate of drug-likeness (QED) is 0.152. The molecule has 0 atom stereocenters. The molecule has 0 bridgehead atoms. The maximum absolute atomic E-state index is 13.3. The molecule has 10 heteroatoms. The summed E-state index contributed by atoms with van der Waals surface area (Å²) in [6.45, 7) is 6.93. The zero-order chi connectivity index (χ0) is 27.4. The smallest absolute Gasteiger partial charge is 0.328 e. The van der Waals surface area contributed by atoms with Crippen LogP contribution in [0.2, 0.25) is 0 Å². The Morgan fingerprint density at radius 1 is 1.03 bits per heavy atom. The number of nitrogens with zero attached hydrogens (tertiary/aromatic N) is 3. The molecule has 1 aliphatic heterocycles. The lowest BCUT2D eigenvalue weighted by atomic mass is 10.1. The van der Waals surface area contributed by atoms with Gasteiger partial charge in [0.1, 0.15) is 23.7 Å². The summed E-state index contributed by atoms with van der Waals surface area (Å²) in [6, 6.07) is 13.2. The van der Waals surface area contributed by atoms with Gasteiger partial charge in [0.15, 0.2) is 0 Å². The average molecular weight is 585 g/mol. The van der Waals surface area contributed by atoms with Crippen molar-refractivity contribution in [2.24, 2.45) is 4.99 Å². The maximum atomic E-state index is 13.3. The summed E-state index contributed by atoms with van der Waals surface area (Å²) in [5.74, 6) is -0.408. The fourth-order valence-corrected chi connectivity index (χ4v) is 4.83. The number of hydrogen-bond acceptors (Lipinski definition) is 6. The number of aromatic amines is 1. The molecule has 0 radical (unpaired) electrons. The van der Waals surface area contributed by atoms with Crippen molar-refractivity contribution in [2.45, 2.75) is 26.4 Å². The van der Waals surface area contributed by atoms with E-state index < -0.39 is 23.3 Å². The van der Waals surface area contributed by atoms with E-state index in [2.05, 4.69) is 25.9 Å². The Morgan fingerprint density at radius 2 is 1.68 bits per heavy atom. The highest BCUT2D eigenvalue weighted by atomic mass is 79.9. The van der Waals surface area contributed by atoms with E-state index in [1.54, 1.807) is 17.2 Å². The number of ketones is 1. The number of carbonyl (C=O) groups excluding carboxylic acids is 3. The fraction of sp³-hybridized carbons (Fsp3) is 0.357. The van der Waals surface area contributed by atoms with E-state index in [1.807, 2.05) is 62.1 Å². The molecule has 1 amide bonds. The number of amidine groups is 1. The highest BCUT2D eigenvalue weighted by Crippen LogP contribution is 2.34. The Labute approximate surface area is 231 Å². The number of aromatic nitrogens is 1. The zero-order valence-corrected chi connectivity index (χ0v) is 23.5. The molecular weight excluding hydrogens is 552 g/mol. The minimum absolute atomic E-state index is 0. The molecule has 1 aromatic heterocycles. The lowest BCUT2D eigenvalue weighted by Crippen LogP contribution is -2.52. The number of nitrogens with one attached hydrogen (secondary N) is 1. The number of rotatable bonds is 6. The van der Waals surface area contributed by atoms with Gasteiger partial charge in [-0.15, -0.1) is 0 Å². The van der Waals surface area contributed by atoms with E-state index in [-0.39, 0.29) is 13.5 Å². The van der Waals surface area contributed by atoms with Gasteiger partial charge in [-0.2, -0.15) is 0 Å². The van der Waals surface area contributed by atoms with Gasteiger partial charge < -0.3 is 24.3 Å². The number of amides is 1. The second kappa shape index (κ2) is 11.4. The summed E-state index contributed by atoms with van der Waals surface area (Å²) in [6.07, 6.45) is 1.55. The minimum atomic E-state index is -0.594. The molecule has 0 aliphatic carbocycles. The summed E-state index contributed by atoms with van der Waals surface area (Å²) in [5, 5.41) is 0.569. The lowest BCUT2D eigenvalue weighted by Gasteiger charge is -2.36. The fourth-order valence-electron chi connectivity index (χ4n) is 4.39. The number of fused-ring (bicyclic) bond motifs is 1. The standard InChI is InChI=1S/C28H31BrN4O5.H2/c1-28(2,3)38-22(34)17-31-26(18-8-6-5-7-9-18)32-12-14-33(15-13-32)27(36)25(35)19-16-30-24-20(29)10-11-21(37-4)23(19)24;/h5-11,16,30H,12-15,17H2,1-4H3;1H. The van der Waals surface area contributed by atoms with Crippen LogP contribution in [0.1, 0.15) is 38.1 Å². The van der Waals surface area contributed by atoms with E-state index in [0.717, 1.165) is 10.0 Å². The molecule has 0 spiro atoms. The van der Waals surface area contributed by atoms with Crippen molar-refractivity contribution in [3.63, 3.8) is 0 Å². The highest BCUT2D eigenvalue weighted by Gasteiger charge is 2.30. The summed E-state index contributed by atoms with van der Waals surface area (Å²) in [4.78, 5) is 50.0. The van der Waals surface area contributed by atoms with Crippen molar-refractivity contribution >= 4 is 50.3 Å². The van der Waals surface area contributed by atoms with Crippen LogP contribution in [0.25, 0.3) is 10.9 Å². The molecule has 1 saturated heterocycles. The van der Waals surface area contributed by atoms with Gasteiger partial charge in [0.2, 0.25) is 0 Å². The number of aliphatic imine (C=N–C) groups is 1. The number of Topliss-reactive ketones (excluding diaryl/α,β-unsaturated/α-hetero) is 1. The number of hydrogen-bond donors (Lipinski definition) is 1. The third-order valence-corrected chi connectivity index (χ3v) is 6.74. The number of methoxy groups -OCH3 is 1. The Hall–Kier alpha value is -3.66. The SMILES string of the molecule is COc1ccc(Br)c2[nH]cc(C(=O)C(=O)N3CCN(C(=NCC(=O)OC(C)(C)C)c4ccccc4)CC3)c12.[HH]. The number of esters is 1. The zero-order valence-electron chi connectivity index (χ0n) is 21.9. The number of H-pyrrole nitrogens is 1. The van der Waals surface area contributed by atoms with Gasteiger partial charge in [-0.1, -0.05) is 30.3 Å². The predicted octanol–water partition coefficient (Wildman–Crippen LogP) is 4.30. The topological polar surface area (TPSA) is 104 Å². The first-order valence-corrected chi connectivity index (χ1v) is 13.1. The van der Waals surface area contributed by atoms with Crippen LogP contribution in [0.5, 0.6) is 5.75 Å². The Balaban J connectivity index is 0.00000420. The first-order chi connectivity index (χ1) is 18.1. The summed E-state index contributed by atoms with van der Waals surface area (Å²) in [5.41, 5.74) is 1.24. The first kappa shape index (κ1) is 27.4. The van der Waals surface area contributed by atoms with Crippen molar-refractivity contribution in [1.29, 1.82) is 0 Å². The Kier molecular flexibility index (Phi) is 8.20. The van der Waals surface area contributed by atoms with Crippen molar-refractivity contribution in [3.05, 3.63) is 64.3 Å². The van der Waals surface area contributed by atoms with Crippen LogP contribution in [0, 0.1) is 0 Å². The van der Waals surface area contributed by atoms with Crippen LogP contribution < -0.4 is 4.74 Å². The molecule has 4 rings (SSSR count). The highest BCUT2D eigenvalue weighted by molar-refractivity contribution is 9.10. The molecule has 202 valence electrons. The van der Waals surface area contributed by atoms with E-state index >= 15 is 0 Å². The van der Waals surface area contributed by atoms with E-state index in [0.29, 0.717) is 48.7 Å². The van der Waals surface area contributed by atoms with Gasteiger partial charge in [-0.3, -0.25) is 19.4 Å². The number of ether oxygens (including phenoxy) is 2. The largest absolute Gasteiger partial charge is 0.496 e. The molecule has 38 heavy (non-hydrogen) atoms. The number of halogens is 1. The van der Waals surface area contributed by atoms with Gasteiger partial charge in [0.05, 0.1) is 23.6 Å². The minimum Gasteiger partial charge on any atom is -0.496 e. The van der Waals surface area contributed by atoms with Gasteiger partial charge in [-0.25, -0.2) is 0 Å². The third-order valence-electron chi connectivity index (χ3n) is 6.08. The maximum Gasteiger partial charge on any atom is 0.328 e. The van der Waals surface area contributed by atoms with Crippen molar-refractivity contribution in [2.75, 3.05) is 39.8 Å². The lowest BCUT2D eigenvalue weighted by molar-refractivity contribution is -0.152. The number of piperazine rings is 1. The van der Waals surface area contributed by atoms with Crippen LogP contribution in [0.3, 0.4) is 0 Å². The Bertz CT molecular complexity index is 1380. The molecule has 1 fully saturated rings. The van der Waals surface area contributed by atoms with E-state index in [9.17, 15) is 14.4 Å². The normalized spacial score (nSPS) is 14.5. The van der Waals surface area contributed by atoms with Gasteiger partial charge in [0, 0.05) is 43.8 Å². The number of benzene rings is 2. The molecule has 0 saturated carbocycles. The Morgan fingerprint density at radius 3 is 2.32 bits per heavy atom. The molecule has 2 heterocycles. The van der Waals surface area contributed by atoms with Gasteiger partial charge in [0.25, 0.3) is 11.7 Å². The van der Waals surface area contributed by atoms with E-state index in [4.69, 9.17) is 9.47 Å². The van der Waals surface area contributed by atoms with E-state index in [1.165, 1.54) is 7.11 Å². The van der Waals surface area contributed by atoms with Crippen molar-refractivity contribution in [3.8, 4) is 5.75 Å². The van der Waals surface area contributed by atoms with Crippen LogP contribution in [0.15, 0.2) is 58.1 Å². The summed E-state index contributed by atoms with van der Waals surface area (Å²) >= 11 is 3.47. The van der Waals surface area contributed by atoms with Crippen molar-refractivity contribution < 1.29 is 25.3 Å². The average Bonchev–Trinajstić information content (AvgIpc) is 3.34. The van der Waals surface area contributed by atoms with Crippen molar-refractivity contribution in [1.82, 2.24) is 14.8 Å². The van der Waals surface area contributed by atoms with Gasteiger partial charge in [-0.05, 0) is 48.8 Å². The summed E-state index contributed by atoms with van der Waals surface area (Å²) in [7, 11) is 1.53.